The summed E-state index contributed by atoms with van der Waals surface area (Å²) in [6, 6.07) is 1.51. The molecule has 0 atom stereocenters. The van der Waals surface area contributed by atoms with E-state index in [1.165, 1.54) is 15.9 Å². The van der Waals surface area contributed by atoms with Crippen molar-refractivity contribution in [3.8, 4) is 0 Å². The first-order valence-corrected chi connectivity index (χ1v) is 9.69. The van der Waals surface area contributed by atoms with Gasteiger partial charge < -0.3 is 0 Å². The molecule has 1 aromatic heterocycles. The second-order valence-electron chi connectivity index (χ2n) is 5.78. The molecular formula is C13H17BrClNO2S2. The number of hydrogen-bond donors (Lipinski definition) is 0. The maximum atomic E-state index is 12.5. The average Bonchev–Trinajstić information content (AvgIpc) is 2.69. The summed E-state index contributed by atoms with van der Waals surface area (Å²) in [5.74, 6) is 0. The first-order valence-electron chi connectivity index (χ1n) is 6.27. The van der Waals surface area contributed by atoms with E-state index >= 15 is 0 Å². The summed E-state index contributed by atoms with van der Waals surface area (Å²) in [4.78, 5) is 0. The zero-order valence-corrected chi connectivity index (χ0v) is 15.6. The Hall–Kier alpha value is 0.120. The number of nitrogens with zero attached hydrogens (tertiary/aromatic N) is 1. The van der Waals surface area contributed by atoms with Crippen molar-refractivity contribution in [2.45, 2.75) is 31.4 Å². The third-order valence-electron chi connectivity index (χ3n) is 3.35. The molecule has 0 fully saturated rings. The molecule has 20 heavy (non-hydrogen) atoms. The van der Waals surface area contributed by atoms with Crippen LogP contribution in [0.15, 0.2) is 25.7 Å². The van der Waals surface area contributed by atoms with E-state index in [4.69, 9.17) is 11.6 Å². The van der Waals surface area contributed by atoms with Gasteiger partial charge in [0.05, 0.1) is 8.81 Å². The van der Waals surface area contributed by atoms with Crippen molar-refractivity contribution in [1.82, 2.24) is 4.31 Å². The van der Waals surface area contributed by atoms with Crippen LogP contribution >= 0.6 is 38.9 Å². The lowest BCUT2D eigenvalue weighted by Crippen LogP contribution is -2.36. The summed E-state index contributed by atoms with van der Waals surface area (Å²) in [5.41, 5.74) is 1.42. The van der Waals surface area contributed by atoms with Gasteiger partial charge in [0.1, 0.15) is 4.21 Å². The minimum absolute atomic E-state index is 0.102. The molecule has 0 aromatic carbocycles. The van der Waals surface area contributed by atoms with E-state index in [-0.39, 0.29) is 5.41 Å². The number of halogens is 2. The zero-order chi connectivity index (χ0) is 15.1. The van der Waals surface area contributed by atoms with Gasteiger partial charge in [-0.15, -0.1) is 11.3 Å². The highest BCUT2D eigenvalue weighted by molar-refractivity contribution is 9.11. The average molecular weight is 399 g/mol. The van der Waals surface area contributed by atoms with Gasteiger partial charge in [-0.05, 0) is 33.8 Å². The SMILES string of the molecule is CC(C)(C)C1=CCN(S(=O)(=O)c2cc(Cl)c(Br)s2)CC1. The van der Waals surface area contributed by atoms with E-state index in [9.17, 15) is 8.42 Å². The van der Waals surface area contributed by atoms with Crippen LogP contribution in [0.5, 0.6) is 0 Å². The predicted molar refractivity (Wildman–Crippen MR) is 87.9 cm³/mol. The highest BCUT2D eigenvalue weighted by Gasteiger charge is 2.30. The Morgan fingerprint density at radius 3 is 2.45 bits per heavy atom. The summed E-state index contributed by atoms with van der Waals surface area (Å²) in [5, 5.41) is 0.441. The van der Waals surface area contributed by atoms with Gasteiger partial charge in [-0.25, -0.2) is 8.42 Å². The first-order chi connectivity index (χ1) is 9.12. The van der Waals surface area contributed by atoms with Gasteiger partial charge >= 0.3 is 0 Å². The van der Waals surface area contributed by atoms with E-state index < -0.39 is 10.0 Å². The molecule has 1 aliphatic heterocycles. The summed E-state index contributed by atoms with van der Waals surface area (Å²) in [6.45, 7) is 7.41. The topological polar surface area (TPSA) is 37.4 Å². The first kappa shape index (κ1) is 16.5. The van der Waals surface area contributed by atoms with E-state index in [0.717, 1.165) is 17.8 Å². The summed E-state index contributed by atoms with van der Waals surface area (Å²) < 4.78 is 27.5. The highest BCUT2D eigenvalue weighted by Crippen LogP contribution is 2.37. The minimum atomic E-state index is -3.44. The molecule has 0 unspecified atom stereocenters. The monoisotopic (exact) mass is 397 g/mol. The lowest BCUT2D eigenvalue weighted by Gasteiger charge is -2.31. The smallest absolute Gasteiger partial charge is 0.206 e. The molecule has 2 heterocycles. The van der Waals surface area contributed by atoms with Crippen LogP contribution in [0.4, 0.5) is 0 Å². The van der Waals surface area contributed by atoms with E-state index in [1.54, 1.807) is 0 Å². The zero-order valence-electron chi connectivity index (χ0n) is 11.6. The van der Waals surface area contributed by atoms with Crippen molar-refractivity contribution >= 4 is 48.9 Å². The van der Waals surface area contributed by atoms with Crippen LogP contribution in [-0.2, 0) is 10.0 Å². The number of sulfonamides is 1. The van der Waals surface area contributed by atoms with Crippen molar-refractivity contribution in [2.75, 3.05) is 13.1 Å². The fourth-order valence-electron chi connectivity index (χ4n) is 2.13. The Kier molecular flexibility index (Phi) is 4.72. The molecule has 112 valence electrons. The molecule has 0 bridgehead atoms. The maximum absolute atomic E-state index is 12.5. The van der Waals surface area contributed by atoms with Crippen LogP contribution in [0.3, 0.4) is 0 Å². The molecule has 0 aliphatic carbocycles. The molecule has 0 saturated carbocycles. The molecule has 0 saturated heterocycles. The Morgan fingerprint density at radius 1 is 1.40 bits per heavy atom. The van der Waals surface area contributed by atoms with Gasteiger partial charge in [-0.2, -0.15) is 4.31 Å². The fraction of sp³-hybridized carbons (Fsp3) is 0.538. The van der Waals surface area contributed by atoms with Crippen LogP contribution in [-0.4, -0.2) is 25.8 Å². The molecule has 7 heteroatoms. The third kappa shape index (κ3) is 3.30. The van der Waals surface area contributed by atoms with E-state index in [1.807, 2.05) is 6.08 Å². The molecule has 1 aliphatic rings. The number of rotatable bonds is 2. The summed E-state index contributed by atoms with van der Waals surface area (Å²) >= 11 is 10.3. The Bertz CT molecular complexity index is 624. The van der Waals surface area contributed by atoms with Gasteiger partial charge in [-0.1, -0.05) is 44.0 Å². The van der Waals surface area contributed by atoms with Gasteiger partial charge in [0, 0.05) is 13.1 Å². The lowest BCUT2D eigenvalue weighted by molar-refractivity contribution is 0.390. The molecule has 1 aromatic rings. The molecule has 0 N–H and O–H groups in total. The minimum Gasteiger partial charge on any atom is -0.206 e. The predicted octanol–water partition coefficient (Wildman–Crippen LogP) is 4.53. The van der Waals surface area contributed by atoms with Gasteiger partial charge in [0.2, 0.25) is 0 Å². The molecule has 0 spiro atoms. The Morgan fingerprint density at radius 2 is 2.05 bits per heavy atom. The van der Waals surface area contributed by atoms with Crippen LogP contribution < -0.4 is 0 Å². The summed E-state index contributed by atoms with van der Waals surface area (Å²) in [7, 11) is -3.44. The normalized spacial score (nSPS) is 18.1. The standard InChI is InChI=1S/C13H17BrClNO2S2/c1-13(2,3)9-4-6-16(7-5-9)20(17,18)11-8-10(15)12(14)19-11/h4,8H,5-7H2,1-3H3. The molecule has 0 amide bonds. The van der Waals surface area contributed by atoms with Crippen molar-refractivity contribution in [3.63, 3.8) is 0 Å². The van der Waals surface area contributed by atoms with Gasteiger partial charge in [0.25, 0.3) is 10.0 Å². The Labute approximate surface area is 137 Å². The molecular weight excluding hydrogens is 382 g/mol. The van der Waals surface area contributed by atoms with Crippen molar-refractivity contribution < 1.29 is 8.42 Å². The van der Waals surface area contributed by atoms with Crippen molar-refractivity contribution in [3.05, 3.63) is 26.5 Å². The number of thiophene rings is 1. The molecule has 2 rings (SSSR count). The number of hydrogen-bond acceptors (Lipinski definition) is 3. The van der Waals surface area contributed by atoms with Crippen molar-refractivity contribution in [2.24, 2.45) is 5.41 Å². The second kappa shape index (κ2) is 5.72. The van der Waals surface area contributed by atoms with Crippen LogP contribution in [0.1, 0.15) is 27.2 Å². The summed E-state index contributed by atoms with van der Waals surface area (Å²) in [6.07, 6.45) is 2.81. The lowest BCUT2D eigenvalue weighted by atomic mass is 9.83. The van der Waals surface area contributed by atoms with Crippen LogP contribution in [0.2, 0.25) is 5.02 Å². The highest BCUT2D eigenvalue weighted by atomic mass is 79.9. The van der Waals surface area contributed by atoms with Crippen molar-refractivity contribution in [1.29, 1.82) is 0 Å². The van der Waals surface area contributed by atoms with E-state index in [2.05, 4.69) is 36.7 Å². The van der Waals surface area contributed by atoms with Crippen LogP contribution in [0, 0.1) is 5.41 Å². The van der Waals surface area contributed by atoms with E-state index in [0.29, 0.717) is 26.1 Å². The van der Waals surface area contributed by atoms with Gasteiger partial charge in [0.15, 0.2) is 0 Å². The van der Waals surface area contributed by atoms with Crippen LogP contribution in [0.25, 0.3) is 0 Å². The Balaban J connectivity index is 2.24. The molecule has 3 nitrogen and oxygen atoms in total. The largest absolute Gasteiger partial charge is 0.252 e. The molecule has 0 radical (unpaired) electrons. The maximum Gasteiger partial charge on any atom is 0.252 e. The quantitative estimate of drug-likeness (QED) is 0.686. The second-order valence-corrected chi connectivity index (χ2v) is 10.7. The fourth-order valence-corrected chi connectivity index (χ4v) is 6.07. The third-order valence-corrected chi connectivity index (χ3v) is 8.14. The van der Waals surface area contributed by atoms with Gasteiger partial charge in [-0.3, -0.25) is 0 Å².